The fourth-order valence-corrected chi connectivity index (χ4v) is 3.98. The van der Waals surface area contributed by atoms with Crippen LogP contribution in [0.4, 0.5) is 19.3 Å². The van der Waals surface area contributed by atoms with Crippen LogP contribution < -0.4 is 10.1 Å². The van der Waals surface area contributed by atoms with Gasteiger partial charge in [-0.25, -0.2) is 13.6 Å². The van der Waals surface area contributed by atoms with Crippen LogP contribution in [0, 0.1) is 11.6 Å². The number of ether oxygens (including phenoxy) is 3. The van der Waals surface area contributed by atoms with Crippen LogP contribution in [-0.4, -0.2) is 74.0 Å². The lowest BCUT2D eigenvalue weighted by Gasteiger charge is -2.43. The average Bonchev–Trinajstić information content (AvgIpc) is 3.03. The molecule has 10 heteroatoms. The van der Waals surface area contributed by atoms with E-state index in [1.54, 1.807) is 29.2 Å². The van der Waals surface area contributed by atoms with Crippen molar-refractivity contribution in [2.45, 2.75) is 12.2 Å². The molecule has 0 radical (unpaired) electrons. The van der Waals surface area contributed by atoms with Crippen LogP contribution in [0.15, 0.2) is 42.5 Å². The number of amides is 3. The second-order valence-corrected chi connectivity index (χ2v) is 7.87. The number of anilines is 1. The summed E-state index contributed by atoms with van der Waals surface area (Å²) in [5, 5.41) is 2.58. The van der Waals surface area contributed by atoms with Crippen LogP contribution >= 0.6 is 0 Å². The van der Waals surface area contributed by atoms with E-state index in [1.165, 1.54) is 18.1 Å². The summed E-state index contributed by atoms with van der Waals surface area (Å²) in [4.78, 5) is 29.2. The zero-order chi connectivity index (χ0) is 23.4. The number of hydrogen-bond donors (Lipinski definition) is 1. The van der Waals surface area contributed by atoms with Crippen LogP contribution in [0.5, 0.6) is 5.75 Å². The average molecular weight is 461 g/mol. The molecule has 2 fully saturated rings. The summed E-state index contributed by atoms with van der Waals surface area (Å²) in [6.07, 6.45) is 0.552. The van der Waals surface area contributed by atoms with Gasteiger partial charge in [0, 0.05) is 24.8 Å². The molecular formula is C23H25F2N3O5. The van der Waals surface area contributed by atoms with Gasteiger partial charge >= 0.3 is 6.03 Å². The van der Waals surface area contributed by atoms with Crippen molar-refractivity contribution in [3.05, 3.63) is 59.7 Å². The van der Waals surface area contributed by atoms with Gasteiger partial charge in [-0.15, -0.1) is 0 Å². The Morgan fingerprint density at radius 1 is 1.00 bits per heavy atom. The molecule has 2 aliphatic rings. The zero-order valence-electron chi connectivity index (χ0n) is 18.2. The quantitative estimate of drug-likeness (QED) is 0.760. The number of halogens is 2. The Balaban J connectivity index is 1.49. The first-order chi connectivity index (χ1) is 15.9. The van der Waals surface area contributed by atoms with E-state index in [1.807, 2.05) is 0 Å². The molecule has 4 rings (SSSR count). The van der Waals surface area contributed by atoms with Gasteiger partial charge in [0.15, 0.2) is 11.6 Å². The molecule has 2 aromatic carbocycles. The van der Waals surface area contributed by atoms with Crippen molar-refractivity contribution < 1.29 is 32.6 Å². The van der Waals surface area contributed by atoms with E-state index in [2.05, 4.69) is 5.32 Å². The van der Waals surface area contributed by atoms with Gasteiger partial charge in [-0.2, -0.15) is 0 Å². The summed E-state index contributed by atoms with van der Waals surface area (Å²) in [6, 6.07) is 9.61. The minimum absolute atomic E-state index is 0.0677. The second-order valence-electron chi connectivity index (χ2n) is 7.87. The van der Waals surface area contributed by atoms with Crippen molar-refractivity contribution in [3.8, 4) is 5.75 Å². The summed E-state index contributed by atoms with van der Waals surface area (Å²) in [7, 11) is 1.50. The van der Waals surface area contributed by atoms with Crippen LogP contribution in [0.2, 0.25) is 0 Å². The summed E-state index contributed by atoms with van der Waals surface area (Å²) < 4.78 is 43.9. The number of carbonyl (C=O) groups excluding carboxylic acids is 2. The Bertz CT molecular complexity index is 1040. The maximum Gasteiger partial charge on any atom is 0.322 e. The molecule has 3 amide bonds. The molecule has 8 nitrogen and oxygen atoms in total. The van der Waals surface area contributed by atoms with E-state index in [9.17, 15) is 18.4 Å². The van der Waals surface area contributed by atoms with Crippen LogP contribution in [0.3, 0.4) is 0 Å². The summed E-state index contributed by atoms with van der Waals surface area (Å²) in [5.41, 5.74) is 0.564. The van der Waals surface area contributed by atoms with Crippen molar-refractivity contribution in [2.24, 2.45) is 0 Å². The third-order valence-corrected chi connectivity index (χ3v) is 5.61. The minimum Gasteiger partial charge on any atom is -0.496 e. The molecule has 1 unspecified atom stereocenters. The molecule has 33 heavy (non-hydrogen) atoms. The van der Waals surface area contributed by atoms with Crippen molar-refractivity contribution in [1.82, 2.24) is 9.80 Å². The number of morpholine rings is 1. The lowest BCUT2D eigenvalue weighted by Crippen LogP contribution is -2.60. The van der Waals surface area contributed by atoms with Crippen molar-refractivity contribution >= 4 is 17.6 Å². The van der Waals surface area contributed by atoms with E-state index in [0.29, 0.717) is 37.4 Å². The van der Waals surface area contributed by atoms with E-state index < -0.39 is 23.5 Å². The third-order valence-electron chi connectivity index (χ3n) is 5.61. The lowest BCUT2D eigenvalue weighted by molar-refractivity contribution is -0.258. The number of methoxy groups -OCH3 is 1. The summed E-state index contributed by atoms with van der Waals surface area (Å²) in [6.45, 7) is 1.51. The normalized spacial score (nSPS) is 20.9. The number of benzene rings is 2. The Kier molecular flexibility index (Phi) is 6.75. The van der Waals surface area contributed by atoms with Crippen LogP contribution in [0.25, 0.3) is 0 Å². The Hall–Kier alpha value is -3.24. The maximum absolute atomic E-state index is 13.5. The van der Waals surface area contributed by atoms with Gasteiger partial charge in [0.25, 0.3) is 5.91 Å². The Labute approximate surface area is 190 Å². The van der Waals surface area contributed by atoms with E-state index >= 15 is 0 Å². The van der Waals surface area contributed by atoms with E-state index in [-0.39, 0.29) is 31.3 Å². The second kappa shape index (κ2) is 9.72. The Morgan fingerprint density at radius 2 is 1.76 bits per heavy atom. The minimum atomic E-state index is -1.20. The highest BCUT2D eigenvalue weighted by molar-refractivity contribution is 5.97. The number of nitrogens with one attached hydrogen (secondary N) is 1. The fourth-order valence-electron chi connectivity index (χ4n) is 3.98. The molecule has 1 atom stereocenters. The van der Waals surface area contributed by atoms with Gasteiger partial charge in [-0.3, -0.25) is 4.79 Å². The number of para-hydroxylation sites is 1. The van der Waals surface area contributed by atoms with Crippen LogP contribution in [0.1, 0.15) is 16.8 Å². The predicted octanol–water partition coefficient (Wildman–Crippen LogP) is 3.10. The van der Waals surface area contributed by atoms with Gasteiger partial charge in [0.1, 0.15) is 5.75 Å². The standard InChI is InChI=1S/C23H25F2N3O5/c1-31-20-6-3-2-5-17(20)21(29)27-10-12-33-23(14-27)15-28(9-4-11-32-23)22(30)26-16-7-8-18(24)19(25)13-16/h2-3,5-8,13H,4,9-12,14-15H2,1H3,(H,26,30). The monoisotopic (exact) mass is 461 g/mol. The first-order valence-electron chi connectivity index (χ1n) is 10.6. The molecule has 2 heterocycles. The highest BCUT2D eigenvalue weighted by Gasteiger charge is 2.43. The summed E-state index contributed by atoms with van der Waals surface area (Å²) >= 11 is 0. The first kappa shape index (κ1) is 22.9. The summed E-state index contributed by atoms with van der Waals surface area (Å²) in [5.74, 6) is -2.99. The van der Waals surface area contributed by atoms with E-state index in [4.69, 9.17) is 14.2 Å². The van der Waals surface area contributed by atoms with Gasteiger partial charge in [-0.05, 0) is 30.7 Å². The molecule has 1 N–H and O–H groups in total. The molecule has 2 aliphatic heterocycles. The molecule has 2 aromatic rings. The molecule has 0 saturated carbocycles. The molecule has 1 spiro atoms. The van der Waals surface area contributed by atoms with Crippen molar-refractivity contribution in [3.63, 3.8) is 0 Å². The fraction of sp³-hybridized carbons (Fsp3) is 0.391. The number of rotatable bonds is 3. The maximum atomic E-state index is 13.5. The number of urea groups is 1. The molecule has 176 valence electrons. The zero-order valence-corrected chi connectivity index (χ0v) is 18.2. The molecule has 0 bridgehead atoms. The largest absolute Gasteiger partial charge is 0.496 e. The lowest BCUT2D eigenvalue weighted by atomic mass is 10.1. The highest BCUT2D eigenvalue weighted by atomic mass is 19.2. The van der Waals surface area contributed by atoms with Gasteiger partial charge < -0.3 is 29.3 Å². The number of carbonyl (C=O) groups is 2. The van der Waals surface area contributed by atoms with Crippen molar-refractivity contribution in [1.29, 1.82) is 0 Å². The Morgan fingerprint density at radius 3 is 2.55 bits per heavy atom. The molecule has 0 aromatic heterocycles. The SMILES string of the molecule is COc1ccccc1C(=O)N1CCOC2(CN(C(=O)Nc3ccc(F)c(F)c3)CCCO2)C1. The van der Waals surface area contributed by atoms with Gasteiger partial charge in [0.05, 0.1) is 39.0 Å². The predicted molar refractivity (Wildman–Crippen MR) is 115 cm³/mol. The number of nitrogens with zero attached hydrogens (tertiary/aromatic N) is 2. The third kappa shape index (κ3) is 5.07. The van der Waals surface area contributed by atoms with Gasteiger partial charge in [0.2, 0.25) is 5.79 Å². The van der Waals surface area contributed by atoms with Gasteiger partial charge in [-0.1, -0.05) is 12.1 Å². The van der Waals surface area contributed by atoms with E-state index in [0.717, 1.165) is 12.1 Å². The molecular weight excluding hydrogens is 436 g/mol. The topological polar surface area (TPSA) is 80.3 Å². The number of hydrogen-bond acceptors (Lipinski definition) is 5. The molecule has 0 aliphatic carbocycles. The van der Waals surface area contributed by atoms with Crippen molar-refractivity contribution in [2.75, 3.05) is 51.8 Å². The molecule has 2 saturated heterocycles. The first-order valence-corrected chi connectivity index (χ1v) is 10.6. The van der Waals surface area contributed by atoms with Crippen LogP contribution in [-0.2, 0) is 9.47 Å². The highest BCUT2D eigenvalue weighted by Crippen LogP contribution is 2.28. The smallest absolute Gasteiger partial charge is 0.322 e.